The highest BCUT2D eigenvalue weighted by Gasteiger charge is 2.24. The fourth-order valence-electron chi connectivity index (χ4n) is 6.99. The van der Waals surface area contributed by atoms with Crippen LogP contribution in [0.5, 0.6) is 0 Å². The van der Waals surface area contributed by atoms with Crippen molar-refractivity contribution in [2.75, 3.05) is 6.67 Å². The number of rotatable bonds is 12. The summed E-state index contributed by atoms with van der Waals surface area (Å²) < 4.78 is 42.2. The Morgan fingerprint density at radius 2 is 1.11 bits per heavy atom. The molecular formula is C34H47F3. The number of hydrogen-bond donors (Lipinski definition) is 0. The number of alkyl halides is 1. The lowest BCUT2D eigenvalue weighted by atomic mass is 9.77. The number of hydrogen-bond acceptors (Lipinski definition) is 0. The van der Waals surface area contributed by atoms with E-state index >= 15 is 0 Å². The van der Waals surface area contributed by atoms with Crippen LogP contribution in [0.2, 0.25) is 0 Å². The molecule has 0 aromatic heterocycles. The van der Waals surface area contributed by atoms with Gasteiger partial charge in [0.05, 0.1) is 6.67 Å². The molecule has 3 heteroatoms. The van der Waals surface area contributed by atoms with Crippen molar-refractivity contribution in [3.05, 3.63) is 70.3 Å². The van der Waals surface area contributed by atoms with Gasteiger partial charge < -0.3 is 0 Å². The van der Waals surface area contributed by atoms with E-state index in [0.717, 1.165) is 48.6 Å². The Hall–Kier alpha value is -1.77. The zero-order valence-electron chi connectivity index (χ0n) is 22.9. The summed E-state index contributed by atoms with van der Waals surface area (Å²) in [6, 6.07) is 11.5. The quantitative estimate of drug-likeness (QED) is 0.248. The second-order valence-electron chi connectivity index (χ2n) is 12.0. The molecule has 0 atom stereocenters. The fourth-order valence-corrected chi connectivity index (χ4v) is 6.99. The molecule has 0 N–H and O–H groups in total. The van der Waals surface area contributed by atoms with Crippen LogP contribution in [0.3, 0.4) is 0 Å². The summed E-state index contributed by atoms with van der Waals surface area (Å²) in [6.07, 6.45) is 17.1. The van der Waals surface area contributed by atoms with E-state index in [2.05, 4.69) is 19.1 Å². The van der Waals surface area contributed by atoms with Gasteiger partial charge in [0.1, 0.15) is 11.6 Å². The first kappa shape index (κ1) is 28.2. The molecule has 204 valence electrons. The molecule has 0 saturated heterocycles. The zero-order valence-corrected chi connectivity index (χ0v) is 22.9. The largest absolute Gasteiger partial charge is 0.251 e. The summed E-state index contributed by atoms with van der Waals surface area (Å²) in [6.45, 7) is 2.06. The van der Waals surface area contributed by atoms with Gasteiger partial charge in [0.15, 0.2) is 0 Å². The first-order valence-corrected chi connectivity index (χ1v) is 15.2. The van der Waals surface area contributed by atoms with Crippen LogP contribution >= 0.6 is 0 Å². The Morgan fingerprint density at radius 3 is 1.54 bits per heavy atom. The molecule has 37 heavy (non-hydrogen) atoms. The van der Waals surface area contributed by atoms with Gasteiger partial charge in [-0.1, -0.05) is 63.3 Å². The van der Waals surface area contributed by atoms with Gasteiger partial charge in [0, 0.05) is 0 Å². The number of halogens is 3. The minimum atomic E-state index is -0.199. The summed E-state index contributed by atoms with van der Waals surface area (Å²) in [5, 5.41) is 0. The zero-order chi connectivity index (χ0) is 26.0. The predicted octanol–water partition coefficient (Wildman–Crippen LogP) is 10.6. The van der Waals surface area contributed by atoms with E-state index in [9.17, 15) is 13.2 Å². The van der Waals surface area contributed by atoms with E-state index in [0.29, 0.717) is 42.2 Å². The molecule has 2 saturated carbocycles. The van der Waals surface area contributed by atoms with Crippen LogP contribution in [0.15, 0.2) is 36.4 Å². The number of benzene rings is 2. The maximum Gasteiger partial charge on any atom is 0.126 e. The molecule has 2 fully saturated rings. The summed E-state index contributed by atoms with van der Waals surface area (Å²) >= 11 is 0. The SMILES string of the molecule is CCC[C@H]1CC[C@H](c2ccc(CCc3ccc([C@H]4CC[C@H](CCCCCF)CC4)cc3F)c(F)c2)CC1. The van der Waals surface area contributed by atoms with E-state index in [-0.39, 0.29) is 18.3 Å². The van der Waals surface area contributed by atoms with E-state index < -0.39 is 0 Å². The molecular weight excluding hydrogens is 465 g/mol. The van der Waals surface area contributed by atoms with Crippen LogP contribution in [0.4, 0.5) is 13.2 Å². The van der Waals surface area contributed by atoms with Crippen molar-refractivity contribution >= 4 is 0 Å². The first-order valence-electron chi connectivity index (χ1n) is 15.2. The lowest BCUT2D eigenvalue weighted by Gasteiger charge is -2.29. The maximum atomic E-state index is 15.0. The molecule has 0 nitrogen and oxygen atoms in total. The third-order valence-electron chi connectivity index (χ3n) is 9.40. The van der Waals surface area contributed by atoms with E-state index in [1.54, 1.807) is 12.1 Å². The van der Waals surface area contributed by atoms with Crippen LogP contribution in [-0.2, 0) is 12.8 Å². The van der Waals surface area contributed by atoms with Crippen LogP contribution < -0.4 is 0 Å². The molecule has 0 spiro atoms. The van der Waals surface area contributed by atoms with Gasteiger partial charge in [0.25, 0.3) is 0 Å². The highest BCUT2D eigenvalue weighted by atomic mass is 19.1. The molecule has 0 bridgehead atoms. The van der Waals surface area contributed by atoms with E-state index in [1.165, 1.54) is 57.8 Å². The summed E-state index contributed by atoms with van der Waals surface area (Å²) in [4.78, 5) is 0. The van der Waals surface area contributed by atoms with Gasteiger partial charge >= 0.3 is 0 Å². The van der Waals surface area contributed by atoms with Crippen molar-refractivity contribution in [1.29, 1.82) is 0 Å². The average Bonchev–Trinajstić information content (AvgIpc) is 2.92. The highest BCUT2D eigenvalue weighted by molar-refractivity contribution is 5.31. The van der Waals surface area contributed by atoms with Crippen molar-refractivity contribution in [3.63, 3.8) is 0 Å². The third kappa shape index (κ3) is 8.11. The molecule has 0 heterocycles. The van der Waals surface area contributed by atoms with E-state index in [4.69, 9.17) is 0 Å². The average molecular weight is 513 g/mol. The Balaban J connectivity index is 1.26. The van der Waals surface area contributed by atoms with Crippen LogP contribution in [-0.4, -0.2) is 6.67 Å². The molecule has 4 rings (SSSR count). The molecule has 2 aromatic carbocycles. The van der Waals surface area contributed by atoms with Gasteiger partial charge in [-0.25, -0.2) is 8.78 Å². The third-order valence-corrected chi connectivity index (χ3v) is 9.40. The highest BCUT2D eigenvalue weighted by Crippen LogP contribution is 2.39. The van der Waals surface area contributed by atoms with Crippen molar-refractivity contribution < 1.29 is 13.2 Å². The molecule has 0 aliphatic heterocycles. The molecule has 0 unspecified atom stereocenters. The predicted molar refractivity (Wildman–Crippen MR) is 149 cm³/mol. The Kier molecular flexibility index (Phi) is 11.0. The summed E-state index contributed by atoms with van der Waals surface area (Å²) in [5.74, 6) is 2.24. The normalized spacial score (nSPS) is 24.3. The smallest absolute Gasteiger partial charge is 0.126 e. The minimum absolute atomic E-state index is 0.133. The lowest BCUT2D eigenvalue weighted by molar-refractivity contribution is 0.300. The minimum Gasteiger partial charge on any atom is -0.251 e. The molecule has 2 aliphatic carbocycles. The maximum absolute atomic E-state index is 15.0. The van der Waals surface area contributed by atoms with Gasteiger partial charge in [-0.05, 0) is 129 Å². The van der Waals surface area contributed by atoms with Gasteiger partial charge in [-0.2, -0.15) is 0 Å². The number of aryl methyl sites for hydroxylation is 2. The monoisotopic (exact) mass is 512 g/mol. The topological polar surface area (TPSA) is 0 Å². The lowest BCUT2D eigenvalue weighted by Crippen LogP contribution is -2.14. The molecule has 2 aromatic rings. The summed E-state index contributed by atoms with van der Waals surface area (Å²) in [7, 11) is 0. The van der Waals surface area contributed by atoms with Crippen LogP contribution in [0.25, 0.3) is 0 Å². The Morgan fingerprint density at radius 1 is 0.622 bits per heavy atom. The number of unbranched alkanes of at least 4 members (excludes halogenated alkanes) is 2. The molecule has 0 radical (unpaired) electrons. The molecule has 0 amide bonds. The van der Waals surface area contributed by atoms with Crippen molar-refractivity contribution in [1.82, 2.24) is 0 Å². The van der Waals surface area contributed by atoms with Crippen LogP contribution in [0, 0.1) is 23.5 Å². The van der Waals surface area contributed by atoms with Crippen molar-refractivity contribution in [2.24, 2.45) is 11.8 Å². The Bertz CT molecular complexity index is 952. The van der Waals surface area contributed by atoms with Crippen LogP contribution in [0.1, 0.15) is 131 Å². The van der Waals surface area contributed by atoms with Gasteiger partial charge in [0.2, 0.25) is 0 Å². The van der Waals surface area contributed by atoms with Gasteiger partial charge in [-0.15, -0.1) is 0 Å². The fraction of sp³-hybridized carbons (Fsp3) is 0.647. The Labute approximate surface area is 223 Å². The van der Waals surface area contributed by atoms with Gasteiger partial charge in [-0.3, -0.25) is 4.39 Å². The molecule has 2 aliphatic rings. The first-order chi connectivity index (χ1) is 18.1. The standard InChI is InChI=1S/C34H47F3/c1-2-6-25-8-12-27(13-9-25)31-20-18-29(33(36)23-31)16-17-30-19-21-32(24-34(30)37)28-14-10-26(11-15-28)7-4-3-5-22-35/h18-21,23-28H,2-17,22H2,1H3/t25-,26-,27-,28-. The van der Waals surface area contributed by atoms with Crippen molar-refractivity contribution in [3.8, 4) is 0 Å². The second-order valence-corrected chi connectivity index (χ2v) is 12.0. The van der Waals surface area contributed by atoms with E-state index in [1.807, 2.05) is 12.1 Å². The van der Waals surface area contributed by atoms with Crippen molar-refractivity contribution in [2.45, 2.75) is 121 Å². The second kappa shape index (κ2) is 14.4. The summed E-state index contributed by atoms with van der Waals surface area (Å²) in [5.41, 5.74) is 3.63.